The van der Waals surface area contributed by atoms with E-state index in [0.717, 1.165) is 10.8 Å². The highest BCUT2D eigenvalue weighted by molar-refractivity contribution is 5.26. The molecule has 1 aromatic heterocycles. The lowest BCUT2D eigenvalue weighted by Gasteiger charge is -2.24. The fourth-order valence-electron chi connectivity index (χ4n) is 1.75. The molecule has 1 aliphatic heterocycles. The molecule has 1 aliphatic rings. The van der Waals surface area contributed by atoms with Crippen LogP contribution in [0.25, 0.3) is 0 Å². The molecule has 18 heavy (non-hydrogen) atoms. The van der Waals surface area contributed by atoms with E-state index in [4.69, 9.17) is 21.3 Å². The van der Waals surface area contributed by atoms with Crippen molar-refractivity contribution in [1.82, 2.24) is 9.55 Å². The highest BCUT2D eigenvalue weighted by Crippen LogP contribution is 2.32. The zero-order valence-corrected chi connectivity index (χ0v) is 9.28. The largest absolute Gasteiger partial charge is 0.392 e. The summed E-state index contributed by atoms with van der Waals surface area (Å²) < 4.78 is 19.2. The predicted molar refractivity (Wildman–Crippen MR) is 57.6 cm³/mol. The van der Waals surface area contributed by atoms with Crippen LogP contribution in [-0.4, -0.2) is 38.2 Å². The number of ether oxygens (including phenoxy) is 1. The van der Waals surface area contributed by atoms with Gasteiger partial charge in [0.2, 0.25) is 0 Å². The first-order valence-electron chi connectivity index (χ1n) is 5.17. The molecule has 0 saturated carbocycles. The topological polar surface area (TPSA) is 137 Å². The van der Waals surface area contributed by atoms with Gasteiger partial charge in [-0.2, -0.15) is 4.98 Å². The van der Waals surface area contributed by atoms with Crippen LogP contribution in [0.1, 0.15) is 12.6 Å². The first kappa shape index (κ1) is 12.9. The van der Waals surface area contributed by atoms with Crippen molar-refractivity contribution < 1.29 is 19.3 Å². The summed E-state index contributed by atoms with van der Waals surface area (Å²) in [5.74, 6) is -1.40. The Kier molecular flexibility index (Phi) is 3.07. The van der Waals surface area contributed by atoms with E-state index in [1.54, 1.807) is 0 Å². The van der Waals surface area contributed by atoms with E-state index < -0.39 is 42.0 Å². The second-order valence-electron chi connectivity index (χ2n) is 4.10. The van der Waals surface area contributed by atoms with Crippen molar-refractivity contribution in [1.29, 1.82) is 0 Å². The molecule has 0 amide bonds. The first-order chi connectivity index (χ1) is 8.37. The quantitative estimate of drug-likeness (QED) is 0.477. The zero-order valence-electron chi connectivity index (χ0n) is 9.28. The van der Waals surface area contributed by atoms with E-state index in [1.165, 1.54) is 0 Å². The van der Waals surface area contributed by atoms with Gasteiger partial charge in [-0.25, -0.2) is 9.18 Å². The van der Waals surface area contributed by atoms with Crippen LogP contribution in [0.15, 0.2) is 11.0 Å². The molecule has 0 unspecified atom stereocenters. The molecule has 0 aromatic carbocycles. The molecule has 0 aliphatic carbocycles. The molecule has 0 spiro atoms. The summed E-state index contributed by atoms with van der Waals surface area (Å²) in [4.78, 5) is 14.8. The van der Waals surface area contributed by atoms with Gasteiger partial charge in [-0.05, 0) is 0 Å². The van der Waals surface area contributed by atoms with Crippen LogP contribution in [0.4, 0.5) is 10.2 Å². The summed E-state index contributed by atoms with van der Waals surface area (Å²) in [5.41, 5.74) is 8.21. The van der Waals surface area contributed by atoms with Crippen LogP contribution in [0.5, 0.6) is 0 Å². The average molecular weight is 260 g/mol. The standard InChI is InChI=1S/C9H13FN4O4/c10-4-2-14(8(17)13-7(4)11)6-1-5(16)9(12,3-15)18-6/h2,5-6,15-16H,1,3,12H2,(H2,11,13,17)/t5-,6+,9+/m0/s1. The number of halogens is 1. The molecular formula is C9H13FN4O4. The second kappa shape index (κ2) is 4.28. The summed E-state index contributed by atoms with van der Waals surface area (Å²) in [5, 5.41) is 18.7. The molecule has 100 valence electrons. The van der Waals surface area contributed by atoms with Gasteiger partial charge in [0, 0.05) is 6.42 Å². The van der Waals surface area contributed by atoms with E-state index in [0.29, 0.717) is 0 Å². The number of aromatic nitrogens is 2. The molecular weight excluding hydrogens is 247 g/mol. The fraction of sp³-hybridized carbons (Fsp3) is 0.556. The normalized spacial score (nSPS) is 31.8. The third kappa shape index (κ3) is 1.97. The lowest BCUT2D eigenvalue weighted by molar-refractivity contribution is -0.124. The smallest absolute Gasteiger partial charge is 0.351 e. The second-order valence-corrected chi connectivity index (χ2v) is 4.10. The average Bonchev–Trinajstić information content (AvgIpc) is 2.61. The molecule has 1 aromatic rings. The van der Waals surface area contributed by atoms with Crippen molar-refractivity contribution in [2.45, 2.75) is 24.5 Å². The van der Waals surface area contributed by atoms with Crippen LogP contribution in [0, 0.1) is 5.82 Å². The van der Waals surface area contributed by atoms with Crippen LogP contribution in [-0.2, 0) is 4.74 Å². The third-order valence-electron chi connectivity index (χ3n) is 2.84. The van der Waals surface area contributed by atoms with Crippen molar-refractivity contribution >= 4 is 5.82 Å². The van der Waals surface area contributed by atoms with E-state index in [9.17, 15) is 14.3 Å². The third-order valence-corrected chi connectivity index (χ3v) is 2.84. The molecule has 1 fully saturated rings. The SMILES string of the molecule is Nc1nc(=O)n([C@H]2C[C@H](O)[C@@](N)(CO)O2)cc1F. The summed E-state index contributed by atoms with van der Waals surface area (Å²) in [6.07, 6.45) is -1.43. The highest BCUT2D eigenvalue weighted by Gasteiger charge is 2.46. The van der Waals surface area contributed by atoms with Gasteiger partial charge in [-0.15, -0.1) is 0 Å². The Labute approximate surface area is 101 Å². The number of nitrogens with two attached hydrogens (primary N) is 2. The van der Waals surface area contributed by atoms with Gasteiger partial charge >= 0.3 is 5.69 Å². The Morgan fingerprint density at radius 3 is 2.94 bits per heavy atom. The number of hydrogen-bond donors (Lipinski definition) is 4. The zero-order chi connectivity index (χ0) is 13.5. The van der Waals surface area contributed by atoms with Gasteiger partial charge in [0.25, 0.3) is 0 Å². The minimum atomic E-state index is -1.68. The lowest BCUT2D eigenvalue weighted by atomic mass is 10.1. The van der Waals surface area contributed by atoms with Gasteiger partial charge in [-0.1, -0.05) is 0 Å². The van der Waals surface area contributed by atoms with Crippen molar-refractivity contribution in [2.24, 2.45) is 5.73 Å². The summed E-state index contributed by atoms with van der Waals surface area (Å²) in [6, 6.07) is 0. The number of nitrogen functional groups attached to an aromatic ring is 1. The molecule has 2 heterocycles. The Balaban J connectivity index is 2.35. The summed E-state index contributed by atoms with van der Waals surface area (Å²) in [6.45, 7) is -0.635. The van der Waals surface area contributed by atoms with Crippen LogP contribution in [0.3, 0.4) is 0 Å². The Morgan fingerprint density at radius 2 is 2.39 bits per heavy atom. The van der Waals surface area contributed by atoms with Gasteiger partial charge in [0.05, 0.1) is 12.8 Å². The van der Waals surface area contributed by atoms with E-state index in [1.807, 2.05) is 0 Å². The lowest BCUT2D eigenvalue weighted by Crippen LogP contribution is -2.51. The van der Waals surface area contributed by atoms with Crippen LogP contribution in [0.2, 0.25) is 0 Å². The predicted octanol–water partition coefficient (Wildman–Crippen LogP) is -2.11. The van der Waals surface area contributed by atoms with Gasteiger partial charge < -0.3 is 20.7 Å². The molecule has 9 heteroatoms. The number of aliphatic hydroxyl groups is 2. The molecule has 1 saturated heterocycles. The Hall–Kier alpha value is -1.55. The maximum Gasteiger partial charge on any atom is 0.351 e. The number of hydrogen-bond acceptors (Lipinski definition) is 7. The molecule has 2 rings (SSSR count). The molecule has 0 radical (unpaired) electrons. The monoisotopic (exact) mass is 260 g/mol. The van der Waals surface area contributed by atoms with Gasteiger partial charge in [0.15, 0.2) is 17.4 Å². The number of anilines is 1. The molecule has 3 atom stereocenters. The summed E-state index contributed by atoms with van der Waals surface area (Å²) in [7, 11) is 0. The maximum atomic E-state index is 13.2. The first-order valence-corrected chi connectivity index (χ1v) is 5.17. The molecule has 0 bridgehead atoms. The number of aliphatic hydroxyl groups excluding tert-OH is 2. The minimum absolute atomic E-state index is 0.0675. The van der Waals surface area contributed by atoms with E-state index in [-0.39, 0.29) is 6.42 Å². The molecule has 6 N–H and O–H groups in total. The molecule has 8 nitrogen and oxygen atoms in total. The van der Waals surface area contributed by atoms with Crippen molar-refractivity contribution in [3.8, 4) is 0 Å². The minimum Gasteiger partial charge on any atom is -0.392 e. The van der Waals surface area contributed by atoms with E-state index >= 15 is 0 Å². The Bertz CT molecular complexity index is 522. The van der Waals surface area contributed by atoms with Crippen LogP contribution < -0.4 is 17.2 Å². The van der Waals surface area contributed by atoms with Crippen LogP contribution >= 0.6 is 0 Å². The number of rotatable bonds is 2. The van der Waals surface area contributed by atoms with Gasteiger partial charge in [0.1, 0.15) is 12.3 Å². The van der Waals surface area contributed by atoms with Crippen molar-refractivity contribution in [3.05, 3.63) is 22.5 Å². The highest BCUT2D eigenvalue weighted by atomic mass is 19.1. The van der Waals surface area contributed by atoms with Gasteiger partial charge in [-0.3, -0.25) is 10.3 Å². The van der Waals surface area contributed by atoms with E-state index in [2.05, 4.69) is 4.98 Å². The number of nitrogens with zero attached hydrogens (tertiary/aromatic N) is 2. The van der Waals surface area contributed by atoms with Crippen molar-refractivity contribution in [2.75, 3.05) is 12.3 Å². The Morgan fingerprint density at radius 1 is 1.72 bits per heavy atom. The fourth-order valence-corrected chi connectivity index (χ4v) is 1.75. The van der Waals surface area contributed by atoms with Crippen molar-refractivity contribution in [3.63, 3.8) is 0 Å². The summed E-state index contributed by atoms with van der Waals surface area (Å²) >= 11 is 0. The maximum absolute atomic E-state index is 13.2.